The summed E-state index contributed by atoms with van der Waals surface area (Å²) in [6.07, 6.45) is 3.62. The SMILES string of the molecule is COc1ccc2c(c1)OCCNC(=O)CN(S(=O)(=O)c1cc(-n3cccn3)ccc1C)CCCNC2=O. The first-order chi connectivity index (χ1) is 17.8. The van der Waals surface area contributed by atoms with Crippen LogP contribution in [0, 0.1) is 6.92 Å². The van der Waals surface area contributed by atoms with Gasteiger partial charge in [0.25, 0.3) is 5.91 Å². The third-order valence-corrected chi connectivity index (χ3v) is 7.85. The summed E-state index contributed by atoms with van der Waals surface area (Å²) in [6, 6.07) is 11.6. The Kier molecular flexibility index (Phi) is 8.09. The number of nitrogens with zero attached hydrogens (tertiary/aromatic N) is 3. The van der Waals surface area contributed by atoms with Crippen LogP contribution in [0.5, 0.6) is 11.5 Å². The predicted octanol–water partition coefficient (Wildman–Crippen LogP) is 1.51. The van der Waals surface area contributed by atoms with Crippen molar-refractivity contribution in [2.45, 2.75) is 18.2 Å². The Morgan fingerprint density at radius 1 is 1.08 bits per heavy atom. The van der Waals surface area contributed by atoms with Gasteiger partial charge in [0, 0.05) is 31.5 Å². The summed E-state index contributed by atoms with van der Waals surface area (Å²) in [5.74, 6) is 0.0558. The highest BCUT2D eigenvalue weighted by atomic mass is 32.2. The first-order valence-corrected chi connectivity index (χ1v) is 13.2. The largest absolute Gasteiger partial charge is 0.497 e. The summed E-state index contributed by atoms with van der Waals surface area (Å²) in [5, 5.41) is 9.66. The van der Waals surface area contributed by atoms with Crippen LogP contribution in [0.1, 0.15) is 22.3 Å². The molecule has 196 valence electrons. The van der Waals surface area contributed by atoms with E-state index in [1.165, 1.54) is 7.11 Å². The molecule has 37 heavy (non-hydrogen) atoms. The fourth-order valence-electron chi connectivity index (χ4n) is 3.91. The van der Waals surface area contributed by atoms with Crippen molar-refractivity contribution in [3.05, 3.63) is 66.0 Å². The zero-order valence-electron chi connectivity index (χ0n) is 20.6. The number of fused-ring (bicyclic) bond motifs is 1. The van der Waals surface area contributed by atoms with E-state index in [4.69, 9.17) is 9.47 Å². The first kappa shape index (κ1) is 26.2. The molecule has 1 aliphatic rings. The smallest absolute Gasteiger partial charge is 0.255 e. The number of aryl methyl sites for hydroxylation is 1. The van der Waals surface area contributed by atoms with Crippen molar-refractivity contribution in [3.63, 3.8) is 0 Å². The van der Waals surface area contributed by atoms with Gasteiger partial charge in [0.05, 0.1) is 36.3 Å². The molecule has 11 nitrogen and oxygen atoms in total. The average Bonchev–Trinajstić information content (AvgIpc) is 3.43. The number of carbonyl (C=O) groups excluding carboxylic acids is 2. The number of carbonyl (C=O) groups is 2. The summed E-state index contributed by atoms with van der Waals surface area (Å²) in [7, 11) is -2.53. The van der Waals surface area contributed by atoms with E-state index in [9.17, 15) is 18.0 Å². The molecule has 0 fully saturated rings. The van der Waals surface area contributed by atoms with Crippen LogP contribution in [-0.2, 0) is 14.8 Å². The molecule has 2 aromatic carbocycles. The van der Waals surface area contributed by atoms with E-state index in [1.54, 1.807) is 66.5 Å². The van der Waals surface area contributed by atoms with Crippen LogP contribution in [-0.4, -0.2) is 74.2 Å². The average molecular weight is 528 g/mol. The molecular formula is C25H29N5O6S. The second-order valence-corrected chi connectivity index (χ2v) is 10.3. The minimum absolute atomic E-state index is 0.0352. The van der Waals surface area contributed by atoms with Crippen molar-refractivity contribution in [2.75, 3.05) is 39.9 Å². The van der Waals surface area contributed by atoms with Crippen molar-refractivity contribution in [1.82, 2.24) is 24.7 Å². The number of sulfonamides is 1. The summed E-state index contributed by atoms with van der Waals surface area (Å²) in [6.45, 7) is 1.77. The van der Waals surface area contributed by atoms with E-state index in [1.807, 2.05) is 0 Å². The molecule has 2 heterocycles. The Hall–Kier alpha value is -3.90. The molecule has 0 bridgehead atoms. The van der Waals surface area contributed by atoms with Crippen molar-refractivity contribution in [2.24, 2.45) is 0 Å². The Morgan fingerprint density at radius 3 is 2.68 bits per heavy atom. The van der Waals surface area contributed by atoms with Crippen LogP contribution in [0.3, 0.4) is 0 Å². The van der Waals surface area contributed by atoms with E-state index in [0.717, 1.165) is 4.31 Å². The van der Waals surface area contributed by atoms with Gasteiger partial charge in [-0.1, -0.05) is 6.07 Å². The molecule has 0 radical (unpaired) electrons. The molecule has 0 aliphatic carbocycles. The summed E-state index contributed by atoms with van der Waals surface area (Å²) in [4.78, 5) is 25.6. The van der Waals surface area contributed by atoms with Crippen LogP contribution in [0.2, 0.25) is 0 Å². The van der Waals surface area contributed by atoms with Gasteiger partial charge in [-0.05, 0) is 49.2 Å². The highest BCUT2D eigenvalue weighted by Gasteiger charge is 2.28. The third-order valence-electron chi connectivity index (χ3n) is 5.86. The fourth-order valence-corrected chi connectivity index (χ4v) is 5.59. The molecule has 3 aromatic rings. The van der Waals surface area contributed by atoms with Crippen LogP contribution in [0.15, 0.2) is 59.8 Å². The molecule has 2 amide bonds. The van der Waals surface area contributed by atoms with E-state index in [0.29, 0.717) is 34.7 Å². The number of hydrogen-bond acceptors (Lipinski definition) is 7. The van der Waals surface area contributed by atoms with Gasteiger partial charge in [-0.15, -0.1) is 0 Å². The number of ether oxygens (including phenoxy) is 2. The van der Waals surface area contributed by atoms with Crippen molar-refractivity contribution in [3.8, 4) is 17.2 Å². The number of methoxy groups -OCH3 is 1. The molecule has 4 rings (SSSR count). The lowest BCUT2D eigenvalue weighted by atomic mass is 10.1. The molecule has 0 atom stereocenters. The molecule has 0 unspecified atom stereocenters. The highest BCUT2D eigenvalue weighted by Crippen LogP contribution is 2.26. The second kappa shape index (κ2) is 11.4. The molecule has 2 N–H and O–H groups in total. The summed E-state index contributed by atoms with van der Waals surface area (Å²) >= 11 is 0. The number of rotatable bonds is 4. The van der Waals surface area contributed by atoms with Crippen LogP contribution in [0.25, 0.3) is 5.69 Å². The lowest BCUT2D eigenvalue weighted by Crippen LogP contribution is -2.43. The van der Waals surface area contributed by atoms with Gasteiger partial charge >= 0.3 is 0 Å². The van der Waals surface area contributed by atoms with Crippen LogP contribution < -0.4 is 20.1 Å². The van der Waals surface area contributed by atoms with Crippen molar-refractivity contribution < 1.29 is 27.5 Å². The standard InChI is InChI=1S/C25H29N5O6S/c1-18-5-6-19(30-13-4-10-28-30)15-23(18)37(33,34)29-12-3-9-27-25(32)21-8-7-20(35-2)16-22(21)36-14-11-26-24(31)17-29/h4-8,10,13,15-16H,3,9,11-12,14,17H2,1-2H3,(H,26,31)(H,27,32). The highest BCUT2D eigenvalue weighted by molar-refractivity contribution is 7.89. The molecule has 1 aliphatic heterocycles. The fraction of sp³-hybridized carbons (Fsp3) is 0.320. The number of benzene rings is 2. The predicted molar refractivity (Wildman–Crippen MR) is 136 cm³/mol. The quantitative estimate of drug-likeness (QED) is 0.526. The van der Waals surface area contributed by atoms with Gasteiger partial charge in [0.1, 0.15) is 18.1 Å². The molecule has 0 saturated heterocycles. The van der Waals surface area contributed by atoms with Gasteiger partial charge in [-0.3, -0.25) is 9.59 Å². The van der Waals surface area contributed by atoms with E-state index < -0.39 is 15.9 Å². The zero-order chi connectivity index (χ0) is 26.4. The third kappa shape index (κ3) is 6.09. The van der Waals surface area contributed by atoms with Gasteiger partial charge in [-0.25, -0.2) is 13.1 Å². The lowest BCUT2D eigenvalue weighted by Gasteiger charge is -2.24. The maximum Gasteiger partial charge on any atom is 0.255 e. The zero-order valence-corrected chi connectivity index (χ0v) is 21.5. The van der Waals surface area contributed by atoms with Gasteiger partial charge < -0.3 is 20.1 Å². The number of aromatic nitrogens is 2. The number of hydrogen-bond donors (Lipinski definition) is 2. The monoisotopic (exact) mass is 527 g/mol. The molecular weight excluding hydrogens is 498 g/mol. The second-order valence-electron chi connectivity index (χ2n) is 8.41. The van der Waals surface area contributed by atoms with Gasteiger partial charge in [0.2, 0.25) is 15.9 Å². The maximum atomic E-state index is 13.7. The summed E-state index contributed by atoms with van der Waals surface area (Å²) in [5.41, 5.74) is 1.45. The molecule has 0 spiro atoms. The Labute approximate surface area is 215 Å². The Morgan fingerprint density at radius 2 is 1.92 bits per heavy atom. The number of amides is 2. The number of nitrogens with one attached hydrogen (secondary N) is 2. The van der Waals surface area contributed by atoms with Crippen LogP contribution >= 0.6 is 0 Å². The van der Waals surface area contributed by atoms with Crippen molar-refractivity contribution >= 4 is 21.8 Å². The summed E-state index contributed by atoms with van der Waals surface area (Å²) < 4.78 is 41.0. The minimum Gasteiger partial charge on any atom is -0.497 e. The van der Waals surface area contributed by atoms with E-state index in [2.05, 4.69) is 15.7 Å². The topological polar surface area (TPSA) is 132 Å². The first-order valence-electron chi connectivity index (χ1n) is 11.8. The molecule has 12 heteroatoms. The van der Waals surface area contributed by atoms with E-state index >= 15 is 0 Å². The van der Waals surface area contributed by atoms with Gasteiger partial charge in [0.15, 0.2) is 0 Å². The maximum absolute atomic E-state index is 13.7. The lowest BCUT2D eigenvalue weighted by molar-refractivity contribution is -0.121. The van der Waals surface area contributed by atoms with Crippen LogP contribution in [0.4, 0.5) is 0 Å². The molecule has 0 saturated carbocycles. The Balaban J connectivity index is 1.57. The normalized spacial score (nSPS) is 16.1. The molecule has 1 aromatic heterocycles. The van der Waals surface area contributed by atoms with Gasteiger partial charge in [-0.2, -0.15) is 9.40 Å². The minimum atomic E-state index is -4.04. The Bertz CT molecular complexity index is 1370. The van der Waals surface area contributed by atoms with E-state index in [-0.39, 0.29) is 43.6 Å². The van der Waals surface area contributed by atoms with Crippen molar-refractivity contribution in [1.29, 1.82) is 0 Å².